The summed E-state index contributed by atoms with van der Waals surface area (Å²) in [7, 11) is 0. The minimum atomic E-state index is 0.755. The second-order valence-corrected chi connectivity index (χ2v) is 4.59. The highest BCUT2D eigenvalue weighted by molar-refractivity contribution is 5.52. The van der Waals surface area contributed by atoms with Gasteiger partial charge in [0.2, 0.25) is 0 Å². The average Bonchev–Trinajstić information content (AvgIpc) is 2.75. The van der Waals surface area contributed by atoms with Gasteiger partial charge in [0.05, 0.1) is 11.7 Å². The first-order valence-corrected chi connectivity index (χ1v) is 5.99. The SMILES string of the molecule is Cc1ccc(Cc2ncc3ccc(N)cn23)cc1. The number of hydrogen-bond donors (Lipinski definition) is 1. The van der Waals surface area contributed by atoms with Gasteiger partial charge in [0, 0.05) is 18.3 Å². The van der Waals surface area contributed by atoms with Crippen LogP contribution in [0.15, 0.2) is 48.8 Å². The Morgan fingerprint density at radius 2 is 1.89 bits per heavy atom. The number of hydrogen-bond acceptors (Lipinski definition) is 2. The van der Waals surface area contributed by atoms with E-state index in [4.69, 9.17) is 5.73 Å². The lowest BCUT2D eigenvalue weighted by atomic mass is 10.1. The van der Waals surface area contributed by atoms with Crippen molar-refractivity contribution in [3.05, 3.63) is 65.7 Å². The van der Waals surface area contributed by atoms with Crippen LogP contribution in [-0.4, -0.2) is 9.38 Å². The van der Waals surface area contributed by atoms with Crippen molar-refractivity contribution >= 4 is 11.2 Å². The van der Waals surface area contributed by atoms with Gasteiger partial charge in [-0.15, -0.1) is 0 Å². The molecule has 0 bridgehead atoms. The highest BCUT2D eigenvalue weighted by Crippen LogP contribution is 2.14. The molecule has 0 saturated heterocycles. The van der Waals surface area contributed by atoms with E-state index in [1.807, 2.05) is 24.5 Å². The summed E-state index contributed by atoms with van der Waals surface area (Å²) in [6.07, 6.45) is 4.62. The van der Waals surface area contributed by atoms with Crippen molar-refractivity contribution in [3.8, 4) is 0 Å². The number of nitrogen functional groups attached to an aromatic ring is 1. The normalized spacial score (nSPS) is 10.9. The molecule has 0 radical (unpaired) electrons. The molecule has 0 spiro atoms. The van der Waals surface area contributed by atoms with Gasteiger partial charge in [-0.3, -0.25) is 0 Å². The van der Waals surface area contributed by atoms with Crippen LogP contribution in [0.25, 0.3) is 5.52 Å². The maximum atomic E-state index is 5.82. The molecule has 0 atom stereocenters. The molecule has 0 amide bonds. The van der Waals surface area contributed by atoms with E-state index < -0.39 is 0 Å². The summed E-state index contributed by atoms with van der Waals surface area (Å²) in [5, 5.41) is 0. The van der Waals surface area contributed by atoms with Crippen LogP contribution in [-0.2, 0) is 6.42 Å². The summed E-state index contributed by atoms with van der Waals surface area (Å²) in [5.41, 5.74) is 10.2. The molecule has 0 aliphatic heterocycles. The fourth-order valence-electron chi connectivity index (χ4n) is 2.08. The van der Waals surface area contributed by atoms with E-state index in [0.29, 0.717) is 0 Å². The van der Waals surface area contributed by atoms with Crippen LogP contribution in [0.5, 0.6) is 0 Å². The van der Waals surface area contributed by atoms with Gasteiger partial charge < -0.3 is 10.1 Å². The standard InChI is InChI=1S/C15H15N3/c1-11-2-4-12(5-3-11)8-15-17-9-14-7-6-13(16)10-18(14)15/h2-7,9-10H,8,16H2,1H3. The number of aryl methyl sites for hydroxylation is 1. The Bertz CT molecular complexity index is 681. The largest absolute Gasteiger partial charge is 0.398 e. The van der Waals surface area contributed by atoms with Crippen molar-refractivity contribution in [2.45, 2.75) is 13.3 Å². The second kappa shape index (κ2) is 4.18. The van der Waals surface area contributed by atoms with Gasteiger partial charge in [-0.25, -0.2) is 4.98 Å². The first kappa shape index (κ1) is 10.8. The molecular weight excluding hydrogens is 222 g/mol. The lowest BCUT2D eigenvalue weighted by molar-refractivity contribution is 0.962. The minimum absolute atomic E-state index is 0.755. The quantitative estimate of drug-likeness (QED) is 0.744. The smallest absolute Gasteiger partial charge is 0.117 e. The van der Waals surface area contributed by atoms with Crippen LogP contribution < -0.4 is 5.73 Å². The first-order valence-electron chi connectivity index (χ1n) is 5.99. The summed E-state index contributed by atoms with van der Waals surface area (Å²) in [5.74, 6) is 1.01. The van der Waals surface area contributed by atoms with Crippen molar-refractivity contribution < 1.29 is 0 Å². The van der Waals surface area contributed by atoms with E-state index in [1.54, 1.807) is 0 Å². The van der Waals surface area contributed by atoms with Crippen molar-refractivity contribution in [3.63, 3.8) is 0 Å². The summed E-state index contributed by atoms with van der Waals surface area (Å²) in [6.45, 7) is 2.09. The molecule has 3 nitrogen and oxygen atoms in total. The Morgan fingerprint density at radius 3 is 2.67 bits per heavy atom. The number of benzene rings is 1. The Labute approximate surface area is 106 Å². The van der Waals surface area contributed by atoms with Gasteiger partial charge in [-0.2, -0.15) is 0 Å². The van der Waals surface area contributed by atoms with Crippen LogP contribution in [0.2, 0.25) is 0 Å². The first-order chi connectivity index (χ1) is 8.72. The Balaban J connectivity index is 1.99. The molecule has 18 heavy (non-hydrogen) atoms. The van der Waals surface area contributed by atoms with Gasteiger partial charge in [0.15, 0.2) is 0 Å². The Hall–Kier alpha value is -2.29. The third kappa shape index (κ3) is 1.95. The molecule has 1 aromatic carbocycles. The third-order valence-electron chi connectivity index (χ3n) is 3.11. The van der Waals surface area contributed by atoms with Crippen LogP contribution in [0.4, 0.5) is 5.69 Å². The number of rotatable bonds is 2. The second-order valence-electron chi connectivity index (χ2n) is 4.59. The molecular formula is C15H15N3. The molecule has 2 N–H and O–H groups in total. The highest BCUT2D eigenvalue weighted by atomic mass is 15.0. The predicted molar refractivity (Wildman–Crippen MR) is 73.6 cm³/mol. The topological polar surface area (TPSA) is 43.3 Å². The van der Waals surface area contributed by atoms with E-state index in [9.17, 15) is 0 Å². The van der Waals surface area contributed by atoms with Gasteiger partial charge in [-0.1, -0.05) is 29.8 Å². The van der Waals surface area contributed by atoms with Crippen molar-refractivity contribution in [1.29, 1.82) is 0 Å². The molecule has 2 aromatic heterocycles. The molecule has 90 valence electrons. The average molecular weight is 237 g/mol. The Morgan fingerprint density at radius 1 is 1.11 bits per heavy atom. The van der Waals surface area contributed by atoms with Gasteiger partial charge in [0.25, 0.3) is 0 Å². The van der Waals surface area contributed by atoms with Crippen LogP contribution in [0, 0.1) is 6.92 Å². The lowest BCUT2D eigenvalue weighted by Gasteiger charge is -2.03. The molecule has 0 aliphatic rings. The van der Waals surface area contributed by atoms with Crippen LogP contribution in [0.3, 0.4) is 0 Å². The van der Waals surface area contributed by atoms with Gasteiger partial charge in [-0.05, 0) is 24.6 Å². The lowest BCUT2D eigenvalue weighted by Crippen LogP contribution is -1.98. The van der Waals surface area contributed by atoms with Crippen molar-refractivity contribution in [2.75, 3.05) is 5.73 Å². The maximum Gasteiger partial charge on any atom is 0.117 e. The molecule has 2 heterocycles. The van der Waals surface area contributed by atoms with Gasteiger partial charge in [0.1, 0.15) is 5.82 Å². The van der Waals surface area contributed by atoms with Crippen LogP contribution >= 0.6 is 0 Å². The number of nitrogens with two attached hydrogens (primary N) is 1. The fraction of sp³-hybridized carbons (Fsp3) is 0.133. The highest BCUT2D eigenvalue weighted by Gasteiger charge is 2.04. The van der Waals surface area contributed by atoms with Gasteiger partial charge >= 0.3 is 0 Å². The number of aromatic nitrogens is 2. The number of nitrogens with zero attached hydrogens (tertiary/aromatic N) is 2. The molecule has 0 aliphatic carbocycles. The third-order valence-corrected chi connectivity index (χ3v) is 3.11. The number of imidazole rings is 1. The summed E-state index contributed by atoms with van der Waals surface area (Å²) < 4.78 is 2.05. The van der Waals surface area contributed by atoms with Crippen molar-refractivity contribution in [2.24, 2.45) is 0 Å². The molecule has 3 heteroatoms. The number of anilines is 1. The van der Waals surface area contributed by atoms with E-state index >= 15 is 0 Å². The zero-order valence-corrected chi connectivity index (χ0v) is 10.3. The van der Waals surface area contributed by atoms with E-state index in [1.165, 1.54) is 11.1 Å². The molecule has 0 fully saturated rings. The number of fused-ring (bicyclic) bond motifs is 1. The molecule has 0 saturated carbocycles. The van der Waals surface area contributed by atoms with Crippen LogP contribution in [0.1, 0.15) is 17.0 Å². The molecule has 0 unspecified atom stereocenters. The minimum Gasteiger partial charge on any atom is -0.398 e. The van der Waals surface area contributed by atoms with Crippen molar-refractivity contribution in [1.82, 2.24) is 9.38 Å². The maximum absolute atomic E-state index is 5.82. The summed E-state index contributed by atoms with van der Waals surface area (Å²) >= 11 is 0. The summed E-state index contributed by atoms with van der Waals surface area (Å²) in [6, 6.07) is 12.4. The van der Waals surface area contributed by atoms with E-state index in [-0.39, 0.29) is 0 Å². The Kier molecular flexibility index (Phi) is 2.52. The molecule has 3 rings (SSSR count). The fourth-order valence-corrected chi connectivity index (χ4v) is 2.08. The zero-order valence-electron chi connectivity index (χ0n) is 10.3. The predicted octanol–water partition coefficient (Wildman–Crippen LogP) is 2.82. The molecule has 3 aromatic rings. The number of pyridine rings is 1. The monoisotopic (exact) mass is 237 g/mol. The van der Waals surface area contributed by atoms with E-state index in [0.717, 1.165) is 23.4 Å². The zero-order chi connectivity index (χ0) is 12.5. The van der Waals surface area contributed by atoms with E-state index in [2.05, 4.69) is 40.6 Å². The summed E-state index contributed by atoms with van der Waals surface area (Å²) in [4.78, 5) is 4.46.